The number of aliphatic hydroxyl groups excluding tert-OH is 1. The molecule has 1 aromatic rings. The average molecular weight is 403 g/mol. The summed E-state index contributed by atoms with van der Waals surface area (Å²) in [5, 5.41) is 9.24. The molecule has 136 valence electrons. The van der Waals surface area contributed by atoms with Gasteiger partial charge in [-0.05, 0) is 26.0 Å². The molecular weight excluding hydrogens is 376 g/mol. The van der Waals surface area contributed by atoms with E-state index in [0.29, 0.717) is 18.2 Å². The normalized spacial score (nSPS) is 16.6. The number of nitrogens with two attached hydrogens (primary N) is 1. The molecular formula is C17H27BrN2O4. The fraction of sp³-hybridized carbons (Fsp3) is 0.529. The van der Waals surface area contributed by atoms with Crippen LogP contribution in [-0.4, -0.2) is 49.0 Å². The number of para-hydroxylation sites is 1. The van der Waals surface area contributed by atoms with E-state index < -0.39 is 6.29 Å². The van der Waals surface area contributed by atoms with Crippen LogP contribution < -0.4 is 22.7 Å². The summed E-state index contributed by atoms with van der Waals surface area (Å²) in [5.41, 5.74) is 7.34. The molecule has 3 N–H and O–H groups in total. The minimum atomic E-state index is -0.555. The highest BCUT2D eigenvalue weighted by Crippen LogP contribution is 2.31. The van der Waals surface area contributed by atoms with Crippen LogP contribution in [-0.2, 0) is 14.2 Å². The number of anilines is 1. The lowest BCUT2D eigenvalue weighted by Crippen LogP contribution is -3.00. The third kappa shape index (κ3) is 5.03. The Bertz CT molecular complexity index is 535. The zero-order valence-corrected chi connectivity index (χ0v) is 15.9. The second kappa shape index (κ2) is 9.76. The largest absolute Gasteiger partial charge is 1.00 e. The Kier molecular flexibility index (Phi) is 8.38. The minimum absolute atomic E-state index is 0. The minimum Gasteiger partial charge on any atom is -1.00 e. The van der Waals surface area contributed by atoms with Gasteiger partial charge in [0.1, 0.15) is 19.7 Å². The highest BCUT2D eigenvalue weighted by molar-refractivity contribution is 5.47. The smallest absolute Gasteiger partial charge is 0.319 e. The molecule has 1 unspecified atom stereocenters. The molecule has 0 aliphatic carbocycles. The predicted molar refractivity (Wildman–Crippen MR) is 88.0 cm³/mol. The summed E-state index contributed by atoms with van der Waals surface area (Å²) in [7, 11) is 0. The number of likely N-dealkylation sites (N-methyl/N-ethyl adjacent to an activating group) is 1. The number of quaternary nitrogens is 1. The maximum atomic E-state index is 9.24. The van der Waals surface area contributed by atoms with Crippen molar-refractivity contribution in [2.75, 3.05) is 45.1 Å². The Hall–Kier alpha value is -1.44. The first kappa shape index (κ1) is 20.6. The van der Waals surface area contributed by atoms with Crippen LogP contribution in [0.15, 0.2) is 36.5 Å². The summed E-state index contributed by atoms with van der Waals surface area (Å²) in [6, 6.07) is 7.44. The van der Waals surface area contributed by atoms with E-state index in [9.17, 15) is 5.11 Å². The van der Waals surface area contributed by atoms with Crippen molar-refractivity contribution in [2.45, 2.75) is 20.1 Å². The van der Waals surface area contributed by atoms with Gasteiger partial charge in [0.15, 0.2) is 6.26 Å². The summed E-state index contributed by atoms with van der Waals surface area (Å²) in [4.78, 5) is 0. The number of benzene rings is 1. The third-order valence-electron chi connectivity index (χ3n) is 4.49. The van der Waals surface area contributed by atoms with Crippen LogP contribution in [0.1, 0.15) is 25.7 Å². The summed E-state index contributed by atoms with van der Waals surface area (Å²) in [6.45, 7) is 8.40. The number of hydrogen-bond acceptors (Lipinski definition) is 5. The van der Waals surface area contributed by atoms with Crippen LogP contribution in [0.3, 0.4) is 0 Å². The molecule has 0 amide bonds. The van der Waals surface area contributed by atoms with Crippen LogP contribution in [0.25, 0.3) is 0 Å². The first-order valence-corrected chi connectivity index (χ1v) is 8.09. The van der Waals surface area contributed by atoms with E-state index in [1.807, 2.05) is 24.3 Å². The number of nitrogens with zero attached hydrogens (tertiary/aromatic N) is 1. The molecule has 0 saturated carbocycles. The van der Waals surface area contributed by atoms with Gasteiger partial charge in [-0.1, -0.05) is 12.1 Å². The summed E-state index contributed by atoms with van der Waals surface area (Å²) in [5.74, 6) is 0.368. The number of aliphatic hydroxyl groups is 1. The van der Waals surface area contributed by atoms with Gasteiger partial charge in [-0.15, -0.1) is 0 Å². The van der Waals surface area contributed by atoms with Crippen LogP contribution in [0.5, 0.6) is 0 Å². The number of nitrogen functional groups attached to an aromatic ring is 1. The Morgan fingerprint density at radius 3 is 2.54 bits per heavy atom. The maximum Gasteiger partial charge on any atom is 0.319 e. The van der Waals surface area contributed by atoms with Gasteiger partial charge in [0.25, 0.3) is 6.29 Å². The maximum absolute atomic E-state index is 9.24. The van der Waals surface area contributed by atoms with Crippen molar-refractivity contribution in [2.24, 2.45) is 0 Å². The van der Waals surface area contributed by atoms with E-state index in [4.69, 9.17) is 19.9 Å². The summed E-state index contributed by atoms with van der Waals surface area (Å²) >= 11 is 0. The molecule has 0 fully saturated rings. The average Bonchev–Trinajstić information content (AvgIpc) is 3.03. The van der Waals surface area contributed by atoms with Gasteiger partial charge in [0, 0.05) is 5.69 Å². The van der Waals surface area contributed by atoms with Crippen LogP contribution in [0.4, 0.5) is 5.69 Å². The summed E-state index contributed by atoms with van der Waals surface area (Å²) < 4.78 is 17.6. The fourth-order valence-corrected chi connectivity index (χ4v) is 2.73. The second-order valence-electron chi connectivity index (χ2n) is 5.65. The monoisotopic (exact) mass is 402 g/mol. The highest BCUT2D eigenvalue weighted by Gasteiger charge is 2.26. The third-order valence-corrected chi connectivity index (χ3v) is 4.49. The molecule has 7 heteroatoms. The SMILES string of the molecule is CC[N+](CC)(CCO)CCOC1=COC(c2ccccc2N)O1.[Br-]. The van der Waals surface area contributed by atoms with Gasteiger partial charge in [0.05, 0.1) is 25.3 Å². The van der Waals surface area contributed by atoms with E-state index in [2.05, 4.69) is 13.8 Å². The van der Waals surface area contributed by atoms with Gasteiger partial charge in [0.2, 0.25) is 0 Å². The molecule has 2 rings (SSSR count). The molecule has 0 spiro atoms. The molecule has 0 aromatic heterocycles. The van der Waals surface area contributed by atoms with Crippen molar-refractivity contribution in [3.8, 4) is 0 Å². The Labute approximate surface area is 154 Å². The van der Waals surface area contributed by atoms with Crippen molar-refractivity contribution < 1.29 is 40.8 Å². The summed E-state index contributed by atoms with van der Waals surface area (Å²) in [6.07, 6.45) is 0.927. The van der Waals surface area contributed by atoms with Gasteiger partial charge >= 0.3 is 5.95 Å². The van der Waals surface area contributed by atoms with Crippen LogP contribution >= 0.6 is 0 Å². The van der Waals surface area contributed by atoms with Crippen molar-refractivity contribution in [3.05, 3.63) is 42.0 Å². The van der Waals surface area contributed by atoms with Gasteiger partial charge in [-0.25, -0.2) is 0 Å². The molecule has 0 radical (unpaired) electrons. The Morgan fingerprint density at radius 1 is 1.21 bits per heavy atom. The number of ether oxygens (including phenoxy) is 3. The first-order valence-electron chi connectivity index (χ1n) is 8.09. The van der Waals surface area contributed by atoms with E-state index in [1.54, 1.807) is 0 Å². The van der Waals surface area contributed by atoms with E-state index >= 15 is 0 Å². The van der Waals surface area contributed by atoms with Gasteiger partial charge in [-0.3, -0.25) is 0 Å². The van der Waals surface area contributed by atoms with Crippen molar-refractivity contribution in [1.29, 1.82) is 0 Å². The Morgan fingerprint density at radius 2 is 1.92 bits per heavy atom. The lowest BCUT2D eigenvalue weighted by molar-refractivity contribution is -0.925. The first-order chi connectivity index (χ1) is 11.1. The van der Waals surface area contributed by atoms with Crippen molar-refractivity contribution >= 4 is 5.69 Å². The van der Waals surface area contributed by atoms with Crippen molar-refractivity contribution in [1.82, 2.24) is 0 Å². The number of halogens is 1. The molecule has 24 heavy (non-hydrogen) atoms. The fourth-order valence-electron chi connectivity index (χ4n) is 2.73. The van der Waals surface area contributed by atoms with Gasteiger partial charge < -0.3 is 46.5 Å². The zero-order chi connectivity index (χ0) is 16.7. The van der Waals surface area contributed by atoms with E-state index in [-0.39, 0.29) is 23.6 Å². The highest BCUT2D eigenvalue weighted by atomic mass is 79.9. The number of hydrogen-bond donors (Lipinski definition) is 2. The van der Waals surface area contributed by atoms with Gasteiger partial charge in [-0.2, -0.15) is 0 Å². The molecule has 1 heterocycles. The molecule has 1 aliphatic heterocycles. The van der Waals surface area contributed by atoms with Crippen LogP contribution in [0.2, 0.25) is 0 Å². The van der Waals surface area contributed by atoms with E-state index in [1.165, 1.54) is 6.26 Å². The number of rotatable bonds is 9. The van der Waals surface area contributed by atoms with Crippen LogP contribution in [0, 0.1) is 0 Å². The Balaban J connectivity index is 0.00000288. The molecule has 6 nitrogen and oxygen atoms in total. The molecule has 1 aliphatic rings. The topological polar surface area (TPSA) is 73.9 Å². The lowest BCUT2D eigenvalue weighted by atomic mass is 10.2. The van der Waals surface area contributed by atoms with E-state index in [0.717, 1.165) is 36.2 Å². The second-order valence-corrected chi connectivity index (χ2v) is 5.65. The molecule has 1 atom stereocenters. The lowest BCUT2D eigenvalue weighted by Gasteiger charge is -2.36. The molecule has 0 bridgehead atoms. The quantitative estimate of drug-likeness (QED) is 0.408. The van der Waals surface area contributed by atoms with Crippen molar-refractivity contribution in [3.63, 3.8) is 0 Å². The zero-order valence-electron chi connectivity index (χ0n) is 14.3. The predicted octanol–water partition coefficient (Wildman–Crippen LogP) is -1.02. The molecule has 0 saturated heterocycles. The molecule has 1 aromatic carbocycles. The standard InChI is InChI=1S/C17H27N2O4.BrH/c1-3-19(4-2,9-11-20)10-12-21-16-13-22-17(23-16)14-7-5-6-8-15(14)18;/h5-8,13,17,20H,3-4,9-12,18H2,1-2H3;1H/q+1;/p-1.